The highest BCUT2D eigenvalue weighted by Gasteiger charge is 2.37. The number of carbonyl (C=O) groups excluding carboxylic acids is 1. The third-order valence-corrected chi connectivity index (χ3v) is 6.61. The van der Waals surface area contributed by atoms with Crippen LogP contribution in [-0.4, -0.2) is 15.8 Å². The molecule has 0 atom stereocenters. The molecule has 3 nitrogen and oxygen atoms in total. The lowest BCUT2D eigenvalue weighted by Gasteiger charge is -2.30. The molecule has 0 aliphatic heterocycles. The molecular weight excluding hydrogens is 413 g/mol. The average Bonchev–Trinajstić information content (AvgIpc) is 2.76. The predicted octanol–water partition coefficient (Wildman–Crippen LogP) is 7.25. The minimum Gasteiger partial charge on any atom is -0.287 e. The molecule has 3 aromatic rings. The summed E-state index contributed by atoms with van der Waals surface area (Å²) in [5, 5.41) is 0.309. The van der Waals surface area contributed by atoms with Gasteiger partial charge in [0.15, 0.2) is 0 Å². The minimum absolute atomic E-state index is 0.0920. The molecule has 2 aromatic carbocycles. The maximum atomic E-state index is 13.7. The number of carbonyl (C=O) groups is 1. The second-order valence-electron chi connectivity index (χ2n) is 9.48. The van der Waals surface area contributed by atoms with Gasteiger partial charge in [-0.3, -0.25) is 4.79 Å². The standard InChI is InChI=1S/C26H29F3N2O/c1-7-24(3,4)16-13-14-17(19(15-16)25(5,6)8-2)22(32)21-18-11-9-10-12-20(18)30-23(31-21)26(27,28)29/h9-15H,7-8H2,1-6H3. The Morgan fingerprint density at radius 1 is 0.875 bits per heavy atom. The highest BCUT2D eigenvalue weighted by Crippen LogP contribution is 2.37. The van der Waals surface area contributed by atoms with Gasteiger partial charge >= 0.3 is 6.18 Å². The van der Waals surface area contributed by atoms with Crippen molar-refractivity contribution < 1.29 is 18.0 Å². The topological polar surface area (TPSA) is 42.9 Å². The van der Waals surface area contributed by atoms with E-state index in [2.05, 4.69) is 30.7 Å². The zero-order chi connectivity index (χ0) is 23.9. The van der Waals surface area contributed by atoms with E-state index in [0.29, 0.717) is 10.9 Å². The Bertz CT molecular complexity index is 1160. The van der Waals surface area contributed by atoms with Gasteiger partial charge in [-0.2, -0.15) is 13.2 Å². The fourth-order valence-electron chi connectivity index (χ4n) is 3.62. The molecule has 1 aromatic heterocycles. The van der Waals surface area contributed by atoms with Gasteiger partial charge in [0.2, 0.25) is 11.6 Å². The van der Waals surface area contributed by atoms with Crippen LogP contribution in [0.3, 0.4) is 0 Å². The lowest BCUT2D eigenvalue weighted by atomic mass is 9.74. The molecule has 0 saturated carbocycles. The van der Waals surface area contributed by atoms with E-state index in [4.69, 9.17) is 0 Å². The number of aromatic nitrogens is 2. The number of fused-ring (bicyclic) bond motifs is 1. The summed E-state index contributed by atoms with van der Waals surface area (Å²) in [5.41, 5.74) is 1.73. The van der Waals surface area contributed by atoms with Crippen LogP contribution < -0.4 is 0 Å². The summed E-state index contributed by atoms with van der Waals surface area (Å²) in [7, 11) is 0. The fourth-order valence-corrected chi connectivity index (χ4v) is 3.62. The first-order valence-electron chi connectivity index (χ1n) is 10.9. The SMILES string of the molecule is CCC(C)(C)c1ccc(C(=O)c2nc(C(F)(F)F)nc3ccccc23)c(C(C)(C)CC)c1. The third kappa shape index (κ3) is 4.41. The minimum atomic E-state index is -4.75. The highest BCUT2D eigenvalue weighted by atomic mass is 19.4. The van der Waals surface area contributed by atoms with Crippen LogP contribution in [0.2, 0.25) is 0 Å². The summed E-state index contributed by atoms with van der Waals surface area (Å²) in [4.78, 5) is 21.0. The molecule has 0 aliphatic carbocycles. The molecule has 0 fully saturated rings. The van der Waals surface area contributed by atoms with Gasteiger partial charge in [-0.15, -0.1) is 0 Å². The van der Waals surface area contributed by atoms with Crippen LogP contribution in [0.5, 0.6) is 0 Å². The second-order valence-corrected chi connectivity index (χ2v) is 9.48. The zero-order valence-electron chi connectivity index (χ0n) is 19.4. The van der Waals surface area contributed by atoms with Crippen molar-refractivity contribution in [1.29, 1.82) is 0 Å². The summed E-state index contributed by atoms with van der Waals surface area (Å²) >= 11 is 0. The Morgan fingerprint density at radius 2 is 1.50 bits per heavy atom. The molecule has 170 valence electrons. The number of alkyl halides is 3. The van der Waals surface area contributed by atoms with Crippen molar-refractivity contribution in [2.24, 2.45) is 0 Å². The lowest BCUT2D eigenvalue weighted by Crippen LogP contribution is -2.24. The number of benzene rings is 2. The van der Waals surface area contributed by atoms with E-state index < -0.39 is 17.8 Å². The normalized spacial score (nSPS) is 12.9. The van der Waals surface area contributed by atoms with Crippen molar-refractivity contribution >= 4 is 16.7 Å². The van der Waals surface area contributed by atoms with Gasteiger partial charge in [-0.1, -0.05) is 77.9 Å². The lowest BCUT2D eigenvalue weighted by molar-refractivity contribution is -0.144. The van der Waals surface area contributed by atoms with Crippen LogP contribution in [0.4, 0.5) is 13.2 Å². The van der Waals surface area contributed by atoms with E-state index >= 15 is 0 Å². The quantitative estimate of drug-likeness (QED) is 0.378. The molecule has 6 heteroatoms. The molecule has 0 unspecified atom stereocenters. The molecule has 0 amide bonds. The van der Waals surface area contributed by atoms with Crippen molar-refractivity contribution in [3.8, 4) is 0 Å². The highest BCUT2D eigenvalue weighted by molar-refractivity contribution is 6.15. The Balaban J connectivity index is 2.29. The Hall–Kier alpha value is -2.76. The predicted molar refractivity (Wildman–Crippen MR) is 121 cm³/mol. The molecule has 3 rings (SSSR count). The zero-order valence-corrected chi connectivity index (χ0v) is 19.4. The van der Waals surface area contributed by atoms with E-state index in [1.807, 2.05) is 32.9 Å². The number of hydrogen-bond acceptors (Lipinski definition) is 3. The van der Waals surface area contributed by atoms with E-state index in [0.717, 1.165) is 24.0 Å². The maximum Gasteiger partial charge on any atom is 0.451 e. The van der Waals surface area contributed by atoms with Gasteiger partial charge in [0.1, 0.15) is 5.69 Å². The largest absolute Gasteiger partial charge is 0.451 e. The van der Waals surface area contributed by atoms with Gasteiger partial charge < -0.3 is 0 Å². The number of rotatable bonds is 6. The summed E-state index contributed by atoms with van der Waals surface area (Å²) in [5.74, 6) is -1.83. The summed E-state index contributed by atoms with van der Waals surface area (Å²) in [6.45, 7) is 12.5. The van der Waals surface area contributed by atoms with E-state index in [-0.39, 0.29) is 22.0 Å². The first kappa shape index (κ1) is 23.9. The van der Waals surface area contributed by atoms with Crippen molar-refractivity contribution in [3.05, 3.63) is 70.7 Å². The van der Waals surface area contributed by atoms with E-state index in [1.165, 1.54) is 6.07 Å². The first-order chi connectivity index (χ1) is 14.8. The maximum absolute atomic E-state index is 13.7. The number of halogens is 3. The van der Waals surface area contributed by atoms with Gasteiger partial charge in [-0.25, -0.2) is 9.97 Å². The van der Waals surface area contributed by atoms with Crippen molar-refractivity contribution in [3.63, 3.8) is 0 Å². The Labute approximate surface area is 187 Å². The van der Waals surface area contributed by atoms with Crippen LogP contribution in [0, 0.1) is 0 Å². The molecule has 0 aliphatic rings. The molecule has 32 heavy (non-hydrogen) atoms. The second kappa shape index (κ2) is 8.30. The fraction of sp³-hybridized carbons (Fsp3) is 0.423. The number of para-hydroxylation sites is 1. The van der Waals surface area contributed by atoms with Gasteiger partial charge in [0, 0.05) is 10.9 Å². The Morgan fingerprint density at radius 3 is 2.09 bits per heavy atom. The number of ketones is 1. The van der Waals surface area contributed by atoms with Crippen molar-refractivity contribution in [2.45, 2.75) is 71.4 Å². The monoisotopic (exact) mass is 442 g/mol. The molecular formula is C26H29F3N2O. The van der Waals surface area contributed by atoms with E-state index in [9.17, 15) is 18.0 Å². The first-order valence-corrected chi connectivity index (χ1v) is 10.9. The van der Waals surface area contributed by atoms with Crippen LogP contribution in [-0.2, 0) is 17.0 Å². The summed E-state index contributed by atoms with van der Waals surface area (Å²) in [6.07, 6.45) is -3.07. The molecule has 0 bridgehead atoms. The molecule has 0 spiro atoms. The van der Waals surface area contributed by atoms with Gasteiger partial charge in [0.05, 0.1) is 5.52 Å². The smallest absolute Gasteiger partial charge is 0.287 e. The number of hydrogen-bond donors (Lipinski definition) is 0. The molecule has 0 radical (unpaired) electrons. The summed E-state index contributed by atoms with van der Waals surface area (Å²) < 4.78 is 40.4. The van der Waals surface area contributed by atoms with Crippen LogP contribution in [0.25, 0.3) is 10.9 Å². The number of nitrogens with zero attached hydrogens (tertiary/aromatic N) is 2. The average molecular weight is 443 g/mol. The van der Waals surface area contributed by atoms with Crippen LogP contribution in [0.1, 0.15) is 87.4 Å². The van der Waals surface area contributed by atoms with E-state index in [1.54, 1.807) is 24.3 Å². The summed E-state index contributed by atoms with van der Waals surface area (Å²) in [6, 6.07) is 12.0. The Kier molecular flexibility index (Phi) is 6.20. The van der Waals surface area contributed by atoms with Gasteiger partial charge in [0.25, 0.3) is 0 Å². The third-order valence-electron chi connectivity index (χ3n) is 6.61. The van der Waals surface area contributed by atoms with Gasteiger partial charge in [-0.05, 0) is 40.9 Å². The molecule has 0 N–H and O–H groups in total. The van der Waals surface area contributed by atoms with Crippen molar-refractivity contribution in [2.75, 3.05) is 0 Å². The van der Waals surface area contributed by atoms with Crippen LogP contribution in [0.15, 0.2) is 42.5 Å². The van der Waals surface area contributed by atoms with Crippen molar-refractivity contribution in [1.82, 2.24) is 9.97 Å². The molecule has 1 heterocycles. The molecule has 0 saturated heterocycles. The van der Waals surface area contributed by atoms with Crippen LogP contribution >= 0.6 is 0 Å².